The van der Waals surface area contributed by atoms with E-state index in [2.05, 4.69) is 9.50 Å². The average Bonchev–Trinajstić information content (AvgIpc) is 1.63. The van der Waals surface area contributed by atoms with Crippen molar-refractivity contribution in [2.75, 3.05) is 13.3 Å². The molecule has 0 saturated heterocycles. The smallest absolute Gasteiger partial charge is 0.218 e. The summed E-state index contributed by atoms with van der Waals surface area (Å²) >= 11 is 0. The molecule has 0 spiro atoms. The first-order valence-corrected chi connectivity index (χ1v) is 3.70. The van der Waals surface area contributed by atoms with Gasteiger partial charge in [0.2, 0.25) is 10.4 Å². The maximum absolute atomic E-state index is 9.69. The third-order valence-corrected chi connectivity index (χ3v) is 0.962. The van der Waals surface area contributed by atoms with Crippen LogP contribution in [0.2, 0.25) is 0 Å². The van der Waals surface area contributed by atoms with E-state index in [1.54, 1.807) is 6.92 Å². The highest BCUT2D eigenvalue weighted by molar-refractivity contribution is 7.80. The van der Waals surface area contributed by atoms with E-state index in [1.807, 2.05) is 0 Å². The van der Waals surface area contributed by atoms with Gasteiger partial charge in [0.1, 0.15) is 6.73 Å². The van der Waals surface area contributed by atoms with Crippen LogP contribution in [-0.4, -0.2) is 26.2 Å². The van der Waals surface area contributed by atoms with Crippen LogP contribution in [0, 0.1) is 0 Å². The average molecular weight is 154 g/mol. The van der Waals surface area contributed by atoms with Gasteiger partial charge < -0.3 is 4.55 Å². The molecule has 0 bridgehead atoms. The maximum atomic E-state index is 9.69. The van der Waals surface area contributed by atoms with Crippen molar-refractivity contribution in [2.45, 2.75) is 6.92 Å². The van der Waals surface area contributed by atoms with Gasteiger partial charge in [-0.05, 0) is 6.54 Å². The first-order chi connectivity index (χ1) is 4.06. The first kappa shape index (κ1) is 8.83. The number of rotatable bonds is 4. The van der Waals surface area contributed by atoms with Crippen LogP contribution in [0.5, 0.6) is 0 Å². The molecular weight excluding hydrogens is 146 g/mol. The van der Waals surface area contributed by atoms with E-state index in [0.717, 1.165) is 0 Å². The van der Waals surface area contributed by atoms with E-state index in [9.17, 15) is 13.0 Å². The lowest BCUT2D eigenvalue weighted by Crippen LogP contribution is -2.19. The minimum Gasteiger partial charge on any atom is -0.725 e. The second kappa shape index (κ2) is 3.78. The van der Waals surface area contributed by atoms with Gasteiger partial charge in [0.05, 0.1) is 0 Å². The summed E-state index contributed by atoms with van der Waals surface area (Å²) in [5, 5.41) is 2.50. The van der Waals surface area contributed by atoms with Gasteiger partial charge in [-0.25, -0.2) is 8.42 Å². The van der Waals surface area contributed by atoms with Gasteiger partial charge >= 0.3 is 0 Å². The fourth-order valence-electron chi connectivity index (χ4n) is 0.216. The predicted octanol–water partition coefficient (Wildman–Crippen LogP) is -0.970. The van der Waals surface area contributed by atoms with Crippen molar-refractivity contribution in [3.05, 3.63) is 0 Å². The van der Waals surface area contributed by atoms with Crippen molar-refractivity contribution in [1.82, 2.24) is 5.32 Å². The lowest BCUT2D eigenvalue weighted by atomic mass is 10.8. The second-order valence-electron chi connectivity index (χ2n) is 1.27. The van der Waals surface area contributed by atoms with Gasteiger partial charge in [0.15, 0.2) is 0 Å². The predicted molar refractivity (Wildman–Crippen MR) is 29.3 cm³/mol. The van der Waals surface area contributed by atoms with Crippen LogP contribution in [0.15, 0.2) is 0 Å². The summed E-state index contributed by atoms with van der Waals surface area (Å²) in [6, 6.07) is 0. The van der Waals surface area contributed by atoms with Gasteiger partial charge in [-0.15, -0.1) is 0 Å². The summed E-state index contributed by atoms with van der Waals surface area (Å²) < 4.78 is 32.8. The Balaban J connectivity index is 3.30. The van der Waals surface area contributed by atoms with Crippen molar-refractivity contribution in [3.63, 3.8) is 0 Å². The molecule has 0 rings (SSSR count). The van der Waals surface area contributed by atoms with E-state index in [0.29, 0.717) is 6.54 Å². The number of hydrogen-bond acceptors (Lipinski definition) is 5. The minimum absolute atomic E-state index is 0.248. The van der Waals surface area contributed by atoms with Crippen LogP contribution in [0.1, 0.15) is 6.92 Å². The zero-order valence-electron chi connectivity index (χ0n) is 4.96. The zero-order chi connectivity index (χ0) is 7.33. The van der Waals surface area contributed by atoms with Gasteiger partial charge in [0.25, 0.3) is 0 Å². The molecule has 9 heavy (non-hydrogen) atoms. The normalized spacial score (nSPS) is 11.8. The molecule has 0 aliphatic rings. The minimum atomic E-state index is -4.51. The van der Waals surface area contributed by atoms with Gasteiger partial charge in [0, 0.05) is 0 Å². The Hall–Kier alpha value is -0.170. The van der Waals surface area contributed by atoms with E-state index in [4.69, 9.17) is 0 Å². The summed E-state index contributed by atoms with van der Waals surface area (Å²) in [6.07, 6.45) is 0. The Labute approximate surface area is 54.0 Å². The third kappa shape index (κ3) is 7.83. The molecule has 0 aromatic rings. The Kier molecular flexibility index (Phi) is 3.71. The highest BCUT2D eigenvalue weighted by Gasteiger charge is 1.89. The topological polar surface area (TPSA) is 78.5 Å². The van der Waals surface area contributed by atoms with Gasteiger partial charge in [-0.1, -0.05) is 6.92 Å². The Morgan fingerprint density at radius 1 is 1.67 bits per heavy atom. The molecule has 0 atom stereocenters. The highest BCUT2D eigenvalue weighted by Crippen LogP contribution is 1.80. The summed E-state index contributed by atoms with van der Waals surface area (Å²) in [7, 11) is -4.51. The molecule has 0 heterocycles. The summed E-state index contributed by atoms with van der Waals surface area (Å²) in [6.45, 7) is 2.08. The largest absolute Gasteiger partial charge is 0.725 e. The molecule has 0 aromatic carbocycles. The number of hydrogen-bond donors (Lipinski definition) is 1. The molecule has 0 aromatic heterocycles. The molecule has 0 amide bonds. The van der Waals surface area contributed by atoms with Crippen molar-refractivity contribution in [3.8, 4) is 0 Å². The van der Waals surface area contributed by atoms with Crippen molar-refractivity contribution in [1.29, 1.82) is 0 Å². The molecule has 0 aliphatic heterocycles. The van der Waals surface area contributed by atoms with E-state index in [-0.39, 0.29) is 6.73 Å². The Bertz CT molecular complexity index is 151. The fourth-order valence-corrected chi connectivity index (χ4v) is 0.444. The SMILES string of the molecule is CCNCOS(=O)(=O)[O-]. The number of nitrogens with one attached hydrogen (secondary N) is 1. The molecular formula is C3H8NO4S-. The van der Waals surface area contributed by atoms with Crippen LogP contribution >= 0.6 is 0 Å². The molecule has 0 aliphatic carbocycles. The lowest BCUT2D eigenvalue weighted by Gasteiger charge is -2.06. The van der Waals surface area contributed by atoms with E-state index >= 15 is 0 Å². The molecule has 0 saturated carbocycles. The molecule has 0 unspecified atom stereocenters. The van der Waals surface area contributed by atoms with Crippen molar-refractivity contribution >= 4 is 10.4 Å². The zero-order valence-corrected chi connectivity index (χ0v) is 5.77. The van der Waals surface area contributed by atoms with Crippen LogP contribution in [-0.2, 0) is 14.6 Å². The fraction of sp³-hybridized carbons (Fsp3) is 1.00. The molecule has 0 fully saturated rings. The molecule has 1 N–H and O–H groups in total. The molecule has 6 heteroatoms. The highest BCUT2D eigenvalue weighted by atomic mass is 32.3. The Morgan fingerprint density at radius 2 is 2.22 bits per heavy atom. The third-order valence-electron chi connectivity index (χ3n) is 0.555. The quantitative estimate of drug-likeness (QED) is 0.244. The first-order valence-electron chi connectivity index (χ1n) is 2.37. The lowest BCUT2D eigenvalue weighted by molar-refractivity contribution is 0.243. The van der Waals surface area contributed by atoms with Gasteiger partial charge in [-0.2, -0.15) is 0 Å². The van der Waals surface area contributed by atoms with E-state index < -0.39 is 10.4 Å². The van der Waals surface area contributed by atoms with Crippen LogP contribution < -0.4 is 5.32 Å². The summed E-state index contributed by atoms with van der Waals surface area (Å²) in [4.78, 5) is 0. The van der Waals surface area contributed by atoms with Crippen LogP contribution in [0.25, 0.3) is 0 Å². The standard InChI is InChI=1S/C3H9NO4S/c1-2-4-3-8-9(5,6)7/h4H,2-3H2,1H3,(H,5,6,7)/p-1. The second-order valence-corrected chi connectivity index (χ2v) is 2.33. The maximum Gasteiger partial charge on any atom is 0.218 e. The van der Waals surface area contributed by atoms with Crippen LogP contribution in [0.4, 0.5) is 0 Å². The summed E-state index contributed by atoms with van der Waals surface area (Å²) in [5.41, 5.74) is 0. The van der Waals surface area contributed by atoms with Crippen molar-refractivity contribution in [2.24, 2.45) is 0 Å². The monoisotopic (exact) mass is 154 g/mol. The van der Waals surface area contributed by atoms with E-state index in [1.165, 1.54) is 0 Å². The van der Waals surface area contributed by atoms with Crippen molar-refractivity contribution < 1.29 is 17.2 Å². The molecule has 0 radical (unpaired) electrons. The Morgan fingerprint density at radius 3 is 2.56 bits per heavy atom. The molecule has 5 nitrogen and oxygen atoms in total. The molecule has 56 valence electrons. The summed E-state index contributed by atoms with van der Waals surface area (Å²) in [5.74, 6) is 0. The van der Waals surface area contributed by atoms with Gasteiger partial charge in [-0.3, -0.25) is 9.50 Å². The van der Waals surface area contributed by atoms with Crippen LogP contribution in [0.3, 0.4) is 0 Å².